The van der Waals surface area contributed by atoms with Gasteiger partial charge in [-0.25, -0.2) is 0 Å². The Morgan fingerprint density at radius 2 is 1.64 bits per heavy atom. The van der Waals surface area contributed by atoms with Crippen LogP contribution in [-0.2, 0) is 6.42 Å². The smallest absolute Gasteiger partial charge is 0.118 e. The molecule has 1 nitrogen and oxygen atoms in total. The van der Waals surface area contributed by atoms with Gasteiger partial charge < -0.3 is 4.74 Å². The molecule has 0 aliphatic carbocycles. The fourth-order valence-corrected chi connectivity index (χ4v) is 1.23. The number of rotatable bonds is 3. The third-order valence-corrected chi connectivity index (χ3v) is 2.48. The molecule has 1 aromatic rings. The summed E-state index contributed by atoms with van der Waals surface area (Å²) in [6.45, 7) is 6.48. The third kappa shape index (κ3) is 2.91. The van der Waals surface area contributed by atoms with Crippen molar-refractivity contribution in [3.63, 3.8) is 0 Å². The fourth-order valence-electron chi connectivity index (χ4n) is 1.23. The van der Waals surface area contributed by atoms with Crippen molar-refractivity contribution in [3.05, 3.63) is 41.0 Å². The molecule has 0 unspecified atom stereocenters. The van der Waals surface area contributed by atoms with E-state index < -0.39 is 0 Å². The Hall–Kier alpha value is -1.24. The zero-order valence-electron chi connectivity index (χ0n) is 9.42. The molecule has 0 saturated carbocycles. The molecule has 14 heavy (non-hydrogen) atoms. The highest BCUT2D eigenvalue weighted by Crippen LogP contribution is 2.15. The number of benzene rings is 1. The minimum atomic E-state index is 0.920. The van der Waals surface area contributed by atoms with Crippen LogP contribution in [0.15, 0.2) is 35.4 Å². The van der Waals surface area contributed by atoms with Gasteiger partial charge in [0.05, 0.1) is 7.11 Å². The van der Waals surface area contributed by atoms with Crippen molar-refractivity contribution < 1.29 is 4.74 Å². The van der Waals surface area contributed by atoms with E-state index in [9.17, 15) is 0 Å². The molecule has 0 radical (unpaired) electrons. The first kappa shape index (κ1) is 10.8. The zero-order valence-corrected chi connectivity index (χ0v) is 9.42. The largest absolute Gasteiger partial charge is 0.497 e. The standard InChI is InChI=1S/C13H18O/c1-10(2)11(3)9-12-5-7-13(14-4)8-6-12/h5-8H,9H2,1-4H3. The molecule has 76 valence electrons. The summed E-state index contributed by atoms with van der Waals surface area (Å²) in [4.78, 5) is 0. The van der Waals surface area contributed by atoms with Gasteiger partial charge in [0.25, 0.3) is 0 Å². The Labute approximate surface area is 86.4 Å². The number of hydrogen-bond acceptors (Lipinski definition) is 1. The lowest BCUT2D eigenvalue weighted by Crippen LogP contribution is -1.89. The highest BCUT2D eigenvalue weighted by Gasteiger charge is 1.97. The number of ether oxygens (including phenoxy) is 1. The number of methoxy groups -OCH3 is 1. The quantitative estimate of drug-likeness (QED) is 0.662. The molecule has 0 aliphatic rings. The van der Waals surface area contributed by atoms with Gasteiger partial charge in [0.1, 0.15) is 5.75 Å². The lowest BCUT2D eigenvalue weighted by Gasteiger charge is -2.05. The zero-order chi connectivity index (χ0) is 10.6. The molecule has 0 spiro atoms. The maximum atomic E-state index is 5.11. The average molecular weight is 190 g/mol. The predicted octanol–water partition coefficient (Wildman–Crippen LogP) is 3.59. The fraction of sp³-hybridized carbons (Fsp3) is 0.385. The molecule has 0 heterocycles. The van der Waals surface area contributed by atoms with E-state index in [1.807, 2.05) is 12.1 Å². The highest BCUT2D eigenvalue weighted by atomic mass is 16.5. The highest BCUT2D eigenvalue weighted by molar-refractivity contribution is 5.30. The number of hydrogen-bond donors (Lipinski definition) is 0. The van der Waals surface area contributed by atoms with Gasteiger partial charge in [-0.1, -0.05) is 23.3 Å². The summed E-state index contributed by atoms with van der Waals surface area (Å²) in [6, 6.07) is 8.25. The summed E-state index contributed by atoms with van der Waals surface area (Å²) in [5.74, 6) is 0.920. The first-order chi connectivity index (χ1) is 6.63. The topological polar surface area (TPSA) is 9.23 Å². The van der Waals surface area contributed by atoms with Crippen molar-refractivity contribution in [2.75, 3.05) is 7.11 Å². The van der Waals surface area contributed by atoms with Gasteiger partial charge in [0.15, 0.2) is 0 Å². The van der Waals surface area contributed by atoms with E-state index in [2.05, 4.69) is 32.9 Å². The van der Waals surface area contributed by atoms with Gasteiger partial charge in [-0.3, -0.25) is 0 Å². The predicted molar refractivity (Wildman–Crippen MR) is 60.7 cm³/mol. The molecule has 0 aromatic heterocycles. The minimum Gasteiger partial charge on any atom is -0.497 e. The van der Waals surface area contributed by atoms with Gasteiger partial charge in [0.2, 0.25) is 0 Å². The van der Waals surface area contributed by atoms with Crippen molar-refractivity contribution in [2.45, 2.75) is 27.2 Å². The molecule has 0 aliphatic heterocycles. The summed E-state index contributed by atoms with van der Waals surface area (Å²) in [7, 11) is 1.69. The van der Waals surface area contributed by atoms with E-state index in [1.165, 1.54) is 16.7 Å². The summed E-state index contributed by atoms with van der Waals surface area (Å²) < 4.78 is 5.11. The van der Waals surface area contributed by atoms with E-state index in [-0.39, 0.29) is 0 Å². The molecular formula is C13H18O. The van der Waals surface area contributed by atoms with Gasteiger partial charge in [0, 0.05) is 0 Å². The Bertz CT molecular complexity index is 316. The van der Waals surface area contributed by atoms with Crippen molar-refractivity contribution in [1.29, 1.82) is 0 Å². The van der Waals surface area contributed by atoms with E-state index in [0.29, 0.717) is 0 Å². The minimum absolute atomic E-state index is 0.920. The van der Waals surface area contributed by atoms with E-state index in [4.69, 9.17) is 4.74 Å². The van der Waals surface area contributed by atoms with Crippen LogP contribution in [0.5, 0.6) is 5.75 Å². The lowest BCUT2D eigenvalue weighted by molar-refractivity contribution is 0.414. The molecule has 0 amide bonds. The van der Waals surface area contributed by atoms with Crippen LogP contribution < -0.4 is 4.74 Å². The van der Waals surface area contributed by atoms with Crippen LogP contribution in [0.3, 0.4) is 0 Å². The Morgan fingerprint density at radius 1 is 1.07 bits per heavy atom. The molecule has 0 atom stereocenters. The molecule has 1 aromatic carbocycles. The van der Waals surface area contributed by atoms with E-state index >= 15 is 0 Å². The SMILES string of the molecule is COc1ccc(CC(C)=C(C)C)cc1. The number of allylic oxidation sites excluding steroid dienone is 2. The third-order valence-electron chi connectivity index (χ3n) is 2.48. The van der Waals surface area contributed by atoms with Crippen molar-refractivity contribution in [2.24, 2.45) is 0 Å². The molecule has 0 fully saturated rings. The van der Waals surface area contributed by atoms with Crippen molar-refractivity contribution in [1.82, 2.24) is 0 Å². The second-order valence-corrected chi connectivity index (χ2v) is 3.81. The Balaban J connectivity index is 2.74. The second-order valence-electron chi connectivity index (χ2n) is 3.81. The van der Waals surface area contributed by atoms with Crippen LogP contribution >= 0.6 is 0 Å². The van der Waals surface area contributed by atoms with Gasteiger partial charge in [-0.15, -0.1) is 0 Å². The van der Waals surface area contributed by atoms with Crippen LogP contribution in [0.1, 0.15) is 26.3 Å². The van der Waals surface area contributed by atoms with Gasteiger partial charge in [-0.2, -0.15) is 0 Å². The lowest BCUT2D eigenvalue weighted by atomic mass is 10.0. The molecule has 1 rings (SSSR count). The van der Waals surface area contributed by atoms with E-state index in [1.54, 1.807) is 7.11 Å². The van der Waals surface area contributed by atoms with Gasteiger partial charge >= 0.3 is 0 Å². The maximum Gasteiger partial charge on any atom is 0.118 e. The second kappa shape index (κ2) is 4.85. The molecule has 0 N–H and O–H groups in total. The van der Waals surface area contributed by atoms with Crippen LogP contribution in [-0.4, -0.2) is 7.11 Å². The maximum absolute atomic E-state index is 5.11. The monoisotopic (exact) mass is 190 g/mol. The first-order valence-corrected chi connectivity index (χ1v) is 4.89. The van der Waals surface area contributed by atoms with Crippen molar-refractivity contribution in [3.8, 4) is 5.75 Å². The molecule has 0 saturated heterocycles. The summed E-state index contributed by atoms with van der Waals surface area (Å²) in [5, 5.41) is 0. The first-order valence-electron chi connectivity index (χ1n) is 4.89. The van der Waals surface area contributed by atoms with Gasteiger partial charge in [-0.05, 0) is 44.9 Å². The Kier molecular flexibility index (Phi) is 3.75. The normalized spacial score (nSPS) is 9.71. The molecular weight excluding hydrogens is 172 g/mol. The molecule has 1 heteroatoms. The van der Waals surface area contributed by atoms with Crippen LogP contribution in [0.4, 0.5) is 0 Å². The van der Waals surface area contributed by atoms with Crippen LogP contribution in [0.2, 0.25) is 0 Å². The van der Waals surface area contributed by atoms with Crippen LogP contribution in [0, 0.1) is 0 Å². The van der Waals surface area contributed by atoms with Crippen molar-refractivity contribution >= 4 is 0 Å². The summed E-state index contributed by atoms with van der Waals surface area (Å²) >= 11 is 0. The average Bonchev–Trinajstić information content (AvgIpc) is 2.19. The summed E-state index contributed by atoms with van der Waals surface area (Å²) in [6.07, 6.45) is 1.03. The summed E-state index contributed by atoms with van der Waals surface area (Å²) in [5.41, 5.74) is 4.18. The van der Waals surface area contributed by atoms with E-state index in [0.717, 1.165) is 12.2 Å². The Morgan fingerprint density at radius 3 is 2.07 bits per heavy atom. The van der Waals surface area contributed by atoms with Crippen LogP contribution in [0.25, 0.3) is 0 Å². The molecule has 0 bridgehead atoms.